The van der Waals surface area contributed by atoms with E-state index in [1.165, 1.54) is 103 Å². The van der Waals surface area contributed by atoms with Crippen molar-refractivity contribution in [2.45, 2.75) is 96.6 Å². The summed E-state index contributed by atoms with van der Waals surface area (Å²) in [5.74, 6) is 0. The first kappa shape index (κ1) is 69.6. The standard InChI is InChI=1S/C80H72O12P2S4/c81-95(82,83)71-47-29-61(30-48-71)13-5-9-57-21-39-67(40-22-57)93(68-41-23-58(24-42-68)10-6-14-62-31-49-72(50-32-62)96(84,85)86)77-55-37-65-17-1-3-19-75(65)79(77)80-76-20-4-2-18-66(76)38-56-78(80)94(69-43-25-59(26-44-69)11-7-15-63-33-51-73(52-34-63)97(87,88)89)70-45-27-60(28-46-70)12-8-16-64-35-53-74(54-36-64)98(90,91)92/h1-4,17-56H,5-16H2,(H,81,82,83)(H,84,85,86)(H,87,88,89)(H,90,91,92). The highest BCUT2D eigenvalue weighted by molar-refractivity contribution is 7.86. The van der Waals surface area contributed by atoms with Crippen molar-refractivity contribution in [2.24, 2.45) is 0 Å². The Morgan fingerprint density at radius 2 is 0.418 bits per heavy atom. The lowest BCUT2D eigenvalue weighted by molar-refractivity contribution is 0.481. The van der Waals surface area contributed by atoms with E-state index in [4.69, 9.17) is 0 Å². The number of benzene rings is 12. The number of hydrogen-bond acceptors (Lipinski definition) is 8. The molecule has 0 aliphatic carbocycles. The van der Waals surface area contributed by atoms with Gasteiger partial charge in [-0.15, -0.1) is 0 Å². The first-order valence-electron chi connectivity index (χ1n) is 32.3. The summed E-state index contributed by atoms with van der Waals surface area (Å²) in [6.07, 6.45) is 9.33. The molecule has 0 radical (unpaired) electrons. The van der Waals surface area contributed by atoms with E-state index in [1.54, 1.807) is 48.5 Å². The smallest absolute Gasteiger partial charge is 0.282 e. The van der Waals surface area contributed by atoms with Crippen molar-refractivity contribution in [1.82, 2.24) is 0 Å². The monoisotopic (exact) mass is 1410 g/mol. The minimum absolute atomic E-state index is 0.132. The Labute approximate surface area is 576 Å². The average molecular weight is 1420 g/mol. The molecule has 12 rings (SSSR count). The number of rotatable bonds is 27. The Bertz CT molecular complexity index is 4690. The molecule has 0 aromatic heterocycles. The Balaban J connectivity index is 0.941. The van der Waals surface area contributed by atoms with Crippen molar-refractivity contribution in [3.05, 3.63) is 311 Å². The molecule has 4 N–H and O–H groups in total. The largest absolute Gasteiger partial charge is 0.294 e. The summed E-state index contributed by atoms with van der Waals surface area (Å²) in [6.45, 7) is 0. The van der Waals surface area contributed by atoms with Crippen LogP contribution in [0.3, 0.4) is 0 Å². The van der Waals surface area contributed by atoms with Gasteiger partial charge < -0.3 is 0 Å². The summed E-state index contributed by atoms with van der Waals surface area (Å²) in [6, 6.07) is 88.0. The van der Waals surface area contributed by atoms with Gasteiger partial charge in [-0.3, -0.25) is 18.2 Å². The van der Waals surface area contributed by atoms with Crippen molar-refractivity contribution in [3.63, 3.8) is 0 Å². The predicted molar refractivity (Wildman–Crippen MR) is 397 cm³/mol. The second-order valence-corrected chi connectivity index (χ2v) is 34.6. The third-order valence-electron chi connectivity index (χ3n) is 17.9. The number of fused-ring (bicyclic) bond motifs is 2. The molecular formula is C80H72O12P2S4. The van der Waals surface area contributed by atoms with E-state index in [1.807, 2.05) is 0 Å². The summed E-state index contributed by atoms with van der Waals surface area (Å²) < 4.78 is 132. The van der Waals surface area contributed by atoms with Crippen molar-refractivity contribution >= 4 is 110 Å². The van der Waals surface area contributed by atoms with Crippen LogP contribution < -0.4 is 31.8 Å². The lowest BCUT2D eigenvalue weighted by atomic mass is 9.93. The van der Waals surface area contributed by atoms with Crippen LogP contribution in [-0.2, 0) is 91.8 Å². The highest BCUT2D eigenvalue weighted by Gasteiger charge is 2.29. The summed E-state index contributed by atoms with van der Waals surface area (Å²) >= 11 is 0. The topological polar surface area (TPSA) is 217 Å². The van der Waals surface area contributed by atoms with Gasteiger partial charge in [0, 0.05) is 0 Å². The Morgan fingerprint density at radius 3 is 0.622 bits per heavy atom. The molecule has 0 fully saturated rings. The predicted octanol–water partition coefficient (Wildman–Crippen LogP) is 14.9. The Morgan fingerprint density at radius 1 is 0.224 bits per heavy atom. The first-order chi connectivity index (χ1) is 47.1. The summed E-state index contributed by atoms with van der Waals surface area (Å²) in [7, 11) is -19.8. The van der Waals surface area contributed by atoms with Crippen LogP contribution in [0.2, 0.25) is 0 Å². The molecule has 18 heteroatoms. The summed E-state index contributed by atoms with van der Waals surface area (Å²) in [4.78, 5) is -0.529. The van der Waals surface area contributed by atoms with Crippen LogP contribution in [0.1, 0.15) is 70.2 Å². The average Bonchev–Trinajstić information content (AvgIpc) is 0.731. The van der Waals surface area contributed by atoms with Gasteiger partial charge in [0.15, 0.2) is 0 Å². The molecule has 498 valence electrons. The van der Waals surface area contributed by atoms with E-state index in [-0.39, 0.29) is 19.6 Å². The summed E-state index contributed by atoms with van der Waals surface area (Å²) in [5, 5.41) is 11.5. The van der Waals surface area contributed by atoms with E-state index in [9.17, 15) is 51.9 Å². The lowest BCUT2D eigenvalue weighted by Crippen LogP contribution is -2.26. The van der Waals surface area contributed by atoms with Crippen molar-refractivity contribution in [3.8, 4) is 11.1 Å². The van der Waals surface area contributed by atoms with Gasteiger partial charge in [0.05, 0.1) is 19.6 Å². The normalized spacial score (nSPS) is 12.3. The van der Waals surface area contributed by atoms with Crippen LogP contribution in [0.5, 0.6) is 0 Å². The molecule has 0 spiro atoms. The van der Waals surface area contributed by atoms with Gasteiger partial charge in [-0.25, -0.2) is 0 Å². The van der Waals surface area contributed by atoms with Crippen molar-refractivity contribution in [1.29, 1.82) is 0 Å². The SMILES string of the molecule is O=S(=O)(O)c1ccc(CCCc2ccc(P(c3ccc(CCCc4ccc(S(=O)(=O)O)cc4)cc3)c3ccc4ccccc4c3-c3c(P(c4ccc(CCCc5ccc(S(=O)(=O)O)cc5)cc4)c4ccc(CCCc5ccc(S(=O)(=O)O)cc5)cc4)ccc4ccccc34)cc2)cc1. The molecule has 0 unspecified atom stereocenters. The zero-order chi connectivity index (χ0) is 68.6. The molecule has 12 aromatic carbocycles. The highest BCUT2D eigenvalue weighted by Crippen LogP contribution is 2.46. The van der Waals surface area contributed by atoms with Crippen molar-refractivity contribution < 1.29 is 51.9 Å². The molecule has 0 heterocycles. The van der Waals surface area contributed by atoms with E-state index < -0.39 is 56.3 Å². The molecule has 98 heavy (non-hydrogen) atoms. The fourth-order valence-electron chi connectivity index (χ4n) is 12.8. The molecule has 0 bridgehead atoms. The fraction of sp³-hybridized carbons (Fsp3) is 0.150. The maximum atomic E-state index is 11.8. The molecule has 0 atom stereocenters. The van der Waals surface area contributed by atoms with Gasteiger partial charge in [0.2, 0.25) is 0 Å². The first-order valence-corrected chi connectivity index (χ1v) is 40.8. The molecule has 0 aliphatic rings. The lowest BCUT2D eigenvalue weighted by Gasteiger charge is -2.29. The molecule has 12 aromatic rings. The highest BCUT2D eigenvalue weighted by atomic mass is 32.2. The van der Waals surface area contributed by atoms with Crippen LogP contribution in [-0.4, -0.2) is 51.9 Å². The zero-order valence-electron chi connectivity index (χ0n) is 53.5. The molecule has 12 nitrogen and oxygen atoms in total. The minimum atomic E-state index is -4.30. The van der Waals surface area contributed by atoms with E-state index in [0.717, 1.165) is 132 Å². The Kier molecular flexibility index (Phi) is 21.6. The van der Waals surface area contributed by atoms with Gasteiger partial charge in [-0.05, 0) is 250 Å². The molecule has 0 amide bonds. The molecular weight excluding hydrogens is 1340 g/mol. The quantitative estimate of drug-likeness (QED) is 0.0279. The molecule has 0 aliphatic heterocycles. The van der Waals surface area contributed by atoms with Crippen LogP contribution in [0.4, 0.5) is 0 Å². The maximum Gasteiger partial charge on any atom is 0.294 e. The molecule has 0 saturated carbocycles. The van der Waals surface area contributed by atoms with Crippen LogP contribution in [0, 0.1) is 0 Å². The van der Waals surface area contributed by atoms with E-state index >= 15 is 0 Å². The molecule has 0 saturated heterocycles. The van der Waals surface area contributed by atoms with Gasteiger partial charge in [-0.2, -0.15) is 33.7 Å². The van der Waals surface area contributed by atoms with Gasteiger partial charge in [0.1, 0.15) is 0 Å². The van der Waals surface area contributed by atoms with Crippen molar-refractivity contribution in [2.75, 3.05) is 0 Å². The van der Waals surface area contributed by atoms with E-state index in [2.05, 4.69) is 170 Å². The van der Waals surface area contributed by atoms with E-state index in [0.29, 0.717) is 0 Å². The zero-order valence-corrected chi connectivity index (χ0v) is 58.5. The minimum Gasteiger partial charge on any atom is -0.282 e. The maximum absolute atomic E-state index is 11.8. The fourth-order valence-corrected chi connectivity index (χ4v) is 19.6. The second-order valence-electron chi connectivity index (χ2n) is 24.6. The third-order valence-corrected chi connectivity index (χ3v) is 26.4. The van der Waals surface area contributed by atoms with Crippen LogP contribution >= 0.6 is 15.8 Å². The van der Waals surface area contributed by atoms with Gasteiger partial charge >= 0.3 is 0 Å². The number of hydrogen-bond donors (Lipinski definition) is 4. The second kappa shape index (κ2) is 30.4. The number of aryl methyl sites for hydroxylation is 8. The van der Waals surface area contributed by atoms with Crippen LogP contribution in [0.25, 0.3) is 32.7 Å². The van der Waals surface area contributed by atoms with Gasteiger partial charge in [0.25, 0.3) is 40.5 Å². The van der Waals surface area contributed by atoms with Gasteiger partial charge in [-0.1, -0.05) is 218 Å². The van der Waals surface area contributed by atoms with Crippen LogP contribution in [0.15, 0.2) is 287 Å². The third kappa shape index (κ3) is 17.2. The summed E-state index contributed by atoms with van der Waals surface area (Å²) in [5.41, 5.74) is 10.9. The Hall–Kier alpha value is -8.34.